The lowest BCUT2D eigenvalue weighted by Gasteiger charge is -2.19. The molecular formula is C21H18FN3O3S. The molecule has 0 radical (unpaired) electrons. The molecular weight excluding hydrogens is 393 g/mol. The molecule has 0 aliphatic carbocycles. The Kier molecular flexibility index (Phi) is 5.02. The maximum atomic E-state index is 14.2. The molecule has 8 heteroatoms. The number of hydrogen-bond acceptors (Lipinski definition) is 5. The monoisotopic (exact) mass is 411 g/mol. The predicted octanol–water partition coefficient (Wildman–Crippen LogP) is 3.88. The topological polar surface area (TPSA) is 91.1 Å². The van der Waals surface area contributed by atoms with Gasteiger partial charge in [0.2, 0.25) is 5.91 Å². The van der Waals surface area contributed by atoms with Gasteiger partial charge < -0.3 is 10.2 Å². The first-order valence-corrected chi connectivity index (χ1v) is 9.98. The zero-order valence-corrected chi connectivity index (χ0v) is 16.4. The zero-order valence-electron chi connectivity index (χ0n) is 15.6. The fourth-order valence-corrected chi connectivity index (χ4v) is 4.36. The van der Waals surface area contributed by atoms with Crippen molar-refractivity contribution in [2.24, 2.45) is 5.73 Å². The maximum Gasteiger partial charge on any atom is 0.263 e. The van der Waals surface area contributed by atoms with Gasteiger partial charge in [0, 0.05) is 17.4 Å². The van der Waals surface area contributed by atoms with Crippen molar-refractivity contribution in [3.05, 3.63) is 75.6 Å². The third-order valence-corrected chi connectivity index (χ3v) is 5.71. The Morgan fingerprint density at radius 2 is 2.10 bits per heavy atom. The van der Waals surface area contributed by atoms with Crippen LogP contribution in [0.2, 0.25) is 0 Å². The molecule has 1 unspecified atom stereocenters. The number of amides is 1. The largest absolute Gasteiger partial charge is 0.464 e. The van der Waals surface area contributed by atoms with Crippen molar-refractivity contribution in [3.8, 4) is 11.3 Å². The number of primary amides is 1. The lowest BCUT2D eigenvalue weighted by atomic mass is 10.1. The van der Waals surface area contributed by atoms with E-state index in [-0.39, 0.29) is 12.0 Å². The van der Waals surface area contributed by atoms with Crippen LogP contribution >= 0.6 is 11.3 Å². The Labute approximate surface area is 169 Å². The second-order valence-corrected chi connectivity index (χ2v) is 7.46. The molecule has 1 atom stereocenters. The highest BCUT2D eigenvalue weighted by Crippen LogP contribution is 2.32. The van der Waals surface area contributed by atoms with Gasteiger partial charge in [-0.3, -0.25) is 14.2 Å². The van der Waals surface area contributed by atoms with Gasteiger partial charge >= 0.3 is 0 Å². The Balaban J connectivity index is 1.98. The number of fused-ring (bicyclic) bond motifs is 1. The lowest BCUT2D eigenvalue weighted by molar-refractivity contribution is -0.121. The SMILES string of the molecule is CCC(C(N)=O)n1c(Cc2ccccc2F)nc2scc(-c3ccco3)c2c1=O. The quantitative estimate of drug-likeness (QED) is 0.521. The molecule has 29 heavy (non-hydrogen) atoms. The fourth-order valence-electron chi connectivity index (χ4n) is 3.43. The molecule has 1 amide bonds. The number of furan rings is 1. The van der Waals surface area contributed by atoms with Crippen molar-refractivity contribution in [2.75, 3.05) is 0 Å². The van der Waals surface area contributed by atoms with E-state index < -0.39 is 17.8 Å². The molecule has 0 aliphatic rings. The second-order valence-electron chi connectivity index (χ2n) is 6.60. The number of aromatic nitrogens is 2. The van der Waals surface area contributed by atoms with E-state index >= 15 is 0 Å². The smallest absolute Gasteiger partial charge is 0.263 e. The van der Waals surface area contributed by atoms with Crippen LogP contribution in [0.25, 0.3) is 21.5 Å². The van der Waals surface area contributed by atoms with Gasteiger partial charge in [-0.1, -0.05) is 25.1 Å². The Bertz CT molecular complexity index is 1240. The zero-order chi connectivity index (χ0) is 20.5. The summed E-state index contributed by atoms with van der Waals surface area (Å²) in [6, 6.07) is 8.89. The van der Waals surface area contributed by atoms with Crippen LogP contribution in [0.5, 0.6) is 0 Å². The van der Waals surface area contributed by atoms with Crippen LogP contribution in [0.4, 0.5) is 4.39 Å². The summed E-state index contributed by atoms with van der Waals surface area (Å²) in [6.45, 7) is 1.76. The van der Waals surface area contributed by atoms with Gasteiger partial charge in [0.1, 0.15) is 28.3 Å². The third kappa shape index (κ3) is 3.36. The number of rotatable bonds is 6. The van der Waals surface area contributed by atoms with Gasteiger partial charge in [0.15, 0.2) is 0 Å². The highest BCUT2D eigenvalue weighted by atomic mass is 32.1. The standard InChI is InChI=1S/C21H18FN3O3S/c1-2-15(19(23)26)25-17(10-12-6-3-4-7-14(12)22)24-20-18(21(25)27)13(11-29-20)16-8-5-9-28-16/h3-9,11,15H,2,10H2,1H3,(H2,23,26). The first-order chi connectivity index (χ1) is 14.0. The Morgan fingerprint density at radius 3 is 2.76 bits per heavy atom. The Morgan fingerprint density at radius 1 is 1.31 bits per heavy atom. The van der Waals surface area contributed by atoms with Crippen molar-refractivity contribution in [2.45, 2.75) is 25.8 Å². The minimum absolute atomic E-state index is 0.0651. The average molecular weight is 411 g/mol. The molecule has 0 bridgehead atoms. The highest BCUT2D eigenvalue weighted by Gasteiger charge is 2.25. The molecule has 3 aromatic heterocycles. The summed E-state index contributed by atoms with van der Waals surface area (Å²) >= 11 is 1.30. The molecule has 0 saturated carbocycles. The lowest BCUT2D eigenvalue weighted by Crippen LogP contribution is -2.36. The van der Waals surface area contributed by atoms with E-state index in [0.29, 0.717) is 39.3 Å². The number of thiophene rings is 1. The van der Waals surface area contributed by atoms with Crippen molar-refractivity contribution in [1.82, 2.24) is 9.55 Å². The number of benzene rings is 1. The predicted molar refractivity (Wildman–Crippen MR) is 109 cm³/mol. The van der Waals surface area contributed by atoms with E-state index in [1.165, 1.54) is 28.2 Å². The molecule has 4 rings (SSSR count). The van der Waals surface area contributed by atoms with Crippen LogP contribution in [-0.4, -0.2) is 15.5 Å². The first kappa shape index (κ1) is 19.1. The summed E-state index contributed by atoms with van der Waals surface area (Å²) in [5, 5.41) is 2.15. The summed E-state index contributed by atoms with van der Waals surface area (Å²) in [7, 11) is 0. The molecule has 0 aliphatic heterocycles. The molecule has 1 aromatic carbocycles. The van der Waals surface area contributed by atoms with E-state index in [0.717, 1.165) is 0 Å². The summed E-state index contributed by atoms with van der Waals surface area (Å²) in [5.41, 5.74) is 6.18. The molecule has 0 saturated heterocycles. The number of hydrogen-bond donors (Lipinski definition) is 1. The van der Waals surface area contributed by atoms with Gasteiger partial charge in [-0.05, 0) is 30.2 Å². The fraction of sp³-hybridized carbons (Fsp3) is 0.190. The number of carbonyl (C=O) groups is 1. The van der Waals surface area contributed by atoms with Crippen molar-refractivity contribution < 1.29 is 13.6 Å². The number of nitrogens with two attached hydrogens (primary N) is 1. The molecule has 4 aromatic rings. The summed E-state index contributed by atoms with van der Waals surface area (Å²) in [4.78, 5) is 30.7. The van der Waals surface area contributed by atoms with Gasteiger partial charge in [0.25, 0.3) is 5.56 Å². The van der Waals surface area contributed by atoms with Crippen molar-refractivity contribution >= 4 is 27.5 Å². The molecule has 148 valence electrons. The molecule has 0 fully saturated rings. The molecule has 0 spiro atoms. The van der Waals surface area contributed by atoms with E-state index in [2.05, 4.69) is 4.98 Å². The normalized spacial score (nSPS) is 12.3. The van der Waals surface area contributed by atoms with Crippen LogP contribution < -0.4 is 11.3 Å². The molecule has 3 heterocycles. The van der Waals surface area contributed by atoms with E-state index in [1.807, 2.05) is 0 Å². The minimum Gasteiger partial charge on any atom is -0.464 e. The van der Waals surface area contributed by atoms with Crippen molar-refractivity contribution in [3.63, 3.8) is 0 Å². The third-order valence-electron chi connectivity index (χ3n) is 4.83. The number of carbonyl (C=O) groups excluding carboxylic acids is 1. The van der Waals surface area contributed by atoms with E-state index in [1.54, 1.807) is 42.6 Å². The van der Waals surface area contributed by atoms with E-state index in [4.69, 9.17) is 10.2 Å². The summed E-state index contributed by atoms with van der Waals surface area (Å²) < 4.78 is 21.0. The molecule has 6 nitrogen and oxygen atoms in total. The van der Waals surface area contributed by atoms with Crippen molar-refractivity contribution in [1.29, 1.82) is 0 Å². The first-order valence-electron chi connectivity index (χ1n) is 9.10. The van der Waals surface area contributed by atoms with E-state index in [9.17, 15) is 14.0 Å². The maximum absolute atomic E-state index is 14.2. The summed E-state index contributed by atoms with van der Waals surface area (Å²) in [6.07, 6.45) is 1.90. The second kappa shape index (κ2) is 7.63. The van der Waals surface area contributed by atoms with Gasteiger partial charge in [0.05, 0.1) is 11.6 Å². The van der Waals surface area contributed by atoms with Gasteiger partial charge in [-0.25, -0.2) is 9.37 Å². The minimum atomic E-state index is -0.884. The highest BCUT2D eigenvalue weighted by molar-refractivity contribution is 7.17. The average Bonchev–Trinajstić information content (AvgIpc) is 3.35. The van der Waals surface area contributed by atoms with Gasteiger partial charge in [-0.2, -0.15) is 0 Å². The van der Waals surface area contributed by atoms with Crippen LogP contribution in [-0.2, 0) is 11.2 Å². The van der Waals surface area contributed by atoms with Crippen LogP contribution in [0.3, 0.4) is 0 Å². The Hall–Kier alpha value is -3.26. The number of nitrogens with zero attached hydrogens (tertiary/aromatic N) is 2. The van der Waals surface area contributed by atoms with Crippen LogP contribution in [0, 0.1) is 5.82 Å². The number of halogens is 1. The summed E-state index contributed by atoms with van der Waals surface area (Å²) in [5.74, 6) is -0.204. The van der Waals surface area contributed by atoms with Crippen LogP contribution in [0.1, 0.15) is 30.8 Å². The van der Waals surface area contributed by atoms with Crippen LogP contribution in [0.15, 0.2) is 57.3 Å². The van der Waals surface area contributed by atoms with Gasteiger partial charge in [-0.15, -0.1) is 11.3 Å². The molecule has 2 N–H and O–H groups in total.